The first-order valence-corrected chi connectivity index (χ1v) is 6.30. The topological polar surface area (TPSA) is 46.5 Å². The summed E-state index contributed by atoms with van der Waals surface area (Å²) in [7, 11) is 0. The number of phenolic OH excluding ortho intramolecular Hbond substituents is 1. The minimum atomic E-state index is -0.540. The van der Waals surface area contributed by atoms with Gasteiger partial charge in [0.2, 0.25) is 0 Å². The first-order chi connectivity index (χ1) is 9.22. The Balaban J connectivity index is 2.22. The highest BCUT2D eigenvalue weighted by Gasteiger charge is 2.14. The molecule has 3 heteroatoms. The smallest absolute Gasteiger partial charge is 0.347 e. The van der Waals surface area contributed by atoms with Crippen LogP contribution < -0.4 is 4.74 Å². The van der Waals surface area contributed by atoms with Gasteiger partial charge in [0, 0.05) is 0 Å². The molecule has 0 radical (unpaired) electrons. The van der Waals surface area contributed by atoms with Crippen LogP contribution >= 0.6 is 0 Å². The van der Waals surface area contributed by atoms with Gasteiger partial charge in [-0.15, -0.1) is 0 Å². The maximum absolute atomic E-state index is 12.0. The fourth-order valence-electron chi connectivity index (χ4n) is 1.88. The molecule has 3 nitrogen and oxygen atoms in total. The fraction of sp³-hybridized carbons (Fsp3) is 0.188. The molecule has 0 aliphatic heterocycles. The Hall–Kier alpha value is -2.29. The second kappa shape index (κ2) is 6.05. The molecule has 19 heavy (non-hydrogen) atoms. The molecular weight excluding hydrogens is 240 g/mol. The van der Waals surface area contributed by atoms with Crippen molar-refractivity contribution >= 4 is 5.97 Å². The third-order valence-corrected chi connectivity index (χ3v) is 2.82. The summed E-state index contributed by atoms with van der Waals surface area (Å²) in [4.78, 5) is 12.0. The van der Waals surface area contributed by atoms with Gasteiger partial charge in [0.1, 0.15) is 17.1 Å². The van der Waals surface area contributed by atoms with E-state index in [9.17, 15) is 9.90 Å². The maximum Gasteiger partial charge on any atom is 0.347 e. The molecule has 0 aliphatic carbocycles. The molecular formula is C16H16O3. The Morgan fingerprint density at radius 2 is 1.79 bits per heavy atom. The maximum atomic E-state index is 12.0. The van der Waals surface area contributed by atoms with E-state index < -0.39 is 5.97 Å². The minimum absolute atomic E-state index is 0.0690. The predicted octanol–water partition coefficient (Wildman–Crippen LogP) is 3.56. The molecule has 2 aromatic rings. The number of para-hydroxylation sites is 2. The van der Waals surface area contributed by atoms with Crippen LogP contribution in [0.1, 0.15) is 29.3 Å². The lowest BCUT2D eigenvalue weighted by Gasteiger charge is -2.09. The summed E-state index contributed by atoms with van der Waals surface area (Å²) >= 11 is 0. The van der Waals surface area contributed by atoms with E-state index in [1.165, 1.54) is 6.07 Å². The highest BCUT2D eigenvalue weighted by Crippen LogP contribution is 2.23. The van der Waals surface area contributed by atoms with Crippen molar-refractivity contribution in [1.29, 1.82) is 0 Å². The predicted molar refractivity (Wildman–Crippen MR) is 73.5 cm³/mol. The van der Waals surface area contributed by atoms with E-state index in [1.807, 2.05) is 18.2 Å². The number of carbonyl (C=O) groups is 1. The standard InChI is InChI=1S/C16H16O3/c1-2-7-12-8-3-6-11-15(12)19-16(18)13-9-4-5-10-14(13)17/h3-6,8-11,17H,2,7H2,1H3. The average molecular weight is 256 g/mol. The zero-order valence-corrected chi connectivity index (χ0v) is 10.8. The molecule has 0 atom stereocenters. The normalized spacial score (nSPS) is 10.2. The Labute approximate surface area is 112 Å². The molecule has 0 aromatic heterocycles. The summed E-state index contributed by atoms with van der Waals surface area (Å²) in [6, 6.07) is 13.8. The highest BCUT2D eigenvalue weighted by atomic mass is 16.5. The molecule has 2 aromatic carbocycles. The fourth-order valence-corrected chi connectivity index (χ4v) is 1.88. The number of phenols is 1. The van der Waals surface area contributed by atoms with Gasteiger partial charge in [-0.05, 0) is 30.2 Å². The summed E-state index contributed by atoms with van der Waals surface area (Å²) in [5, 5.41) is 9.63. The van der Waals surface area contributed by atoms with Gasteiger partial charge in [-0.3, -0.25) is 0 Å². The van der Waals surface area contributed by atoms with Gasteiger partial charge >= 0.3 is 5.97 Å². The van der Waals surface area contributed by atoms with E-state index in [-0.39, 0.29) is 11.3 Å². The van der Waals surface area contributed by atoms with E-state index in [2.05, 4.69) is 6.92 Å². The number of aromatic hydroxyl groups is 1. The highest BCUT2D eigenvalue weighted by molar-refractivity contribution is 5.93. The van der Waals surface area contributed by atoms with E-state index >= 15 is 0 Å². The molecule has 0 aliphatic rings. The zero-order chi connectivity index (χ0) is 13.7. The van der Waals surface area contributed by atoms with Crippen LogP contribution in [0.4, 0.5) is 0 Å². The van der Waals surface area contributed by atoms with Crippen LogP contribution in [0.25, 0.3) is 0 Å². The Bertz CT molecular complexity index is 576. The number of benzene rings is 2. The number of esters is 1. The van der Waals surface area contributed by atoms with Crippen molar-refractivity contribution in [1.82, 2.24) is 0 Å². The molecule has 0 bridgehead atoms. The molecule has 0 saturated carbocycles. The zero-order valence-electron chi connectivity index (χ0n) is 10.8. The third kappa shape index (κ3) is 3.13. The molecule has 0 amide bonds. The van der Waals surface area contributed by atoms with Crippen LogP contribution in [0.3, 0.4) is 0 Å². The van der Waals surface area contributed by atoms with Crippen LogP contribution in [0.5, 0.6) is 11.5 Å². The van der Waals surface area contributed by atoms with Crippen molar-refractivity contribution in [3.8, 4) is 11.5 Å². The van der Waals surface area contributed by atoms with Crippen molar-refractivity contribution < 1.29 is 14.6 Å². The summed E-state index contributed by atoms with van der Waals surface area (Å²) in [5.41, 5.74) is 1.17. The minimum Gasteiger partial charge on any atom is -0.507 e. The summed E-state index contributed by atoms with van der Waals surface area (Å²) < 4.78 is 5.37. The van der Waals surface area contributed by atoms with E-state index in [0.29, 0.717) is 5.75 Å². The molecule has 0 unspecified atom stereocenters. The summed E-state index contributed by atoms with van der Waals surface area (Å²) in [6.45, 7) is 2.07. The number of aryl methyl sites for hydroxylation is 1. The summed E-state index contributed by atoms with van der Waals surface area (Å²) in [6.07, 6.45) is 1.83. The van der Waals surface area contributed by atoms with Crippen molar-refractivity contribution in [3.63, 3.8) is 0 Å². The van der Waals surface area contributed by atoms with Gasteiger partial charge in [-0.25, -0.2) is 4.79 Å². The van der Waals surface area contributed by atoms with Gasteiger partial charge in [-0.2, -0.15) is 0 Å². The second-order valence-electron chi connectivity index (χ2n) is 4.26. The Morgan fingerprint density at radius 3 is 2.53 bits per heavy atom. The van der Waals surface area contributed by atoms with Gasteiger partial charge in [0.15, 0.2) is 0 Å². The van der Waals surface area contributed by atoms with Crippen molar-refractivity contribution in [2.75, 3.05) is 0 Å². The van der Waals surface area contributed by atoms with Gasteiger partial charge in [-0.1, -0.05) is 43.7 Å². The van der Waals surface area contributed by atoms with Crippen molar-refractivity contribution in [2.45, 2.75) is 19.8 Å². The number of hydrogen-bond acceptors (Lipinski definition) is 3. The molecule has 1 N–H and O–H groups in total. The Morgan fingerprint density at radius 1 is 1.11 bits per heavy atom. The van der Waals surface area contributed by atoms with Crippen LogP contribution in [0.15, 0.2) is 48.5 Å². The first kappa shape index (κ1) is 13.1. The monoisotopic (exact) mass is 256 g/mol. The van der Waals surface area contributed by atoms with E-state index in [4.69, 9.17) is 4.74 Å². The quantitative estimate of drug-likeness (QED) is 0.672. The molecule has 0 fully saturated rings. The molecule has 0 spiro atoms. The summed E-state index contributed by atoms with van der Waals surface area (Å²) in [5.74, 6) is -0.0558. The van der Waals surface area contributed by atoms with Crippen LogP contribution in [0, 0.1) is 0 Å². The lowest BCUT2D eigenvalue weighted by molar-refractivity contribution is 0.0730. The van der Waals surface area contributed by atoms with Crippen LogP contribution in [0.2, 0.25) is 0 Å². The van der Waals surface area contributed by atoms with Gasteiger partial charge in [0.05, 0.1) is 0 Å². The molecule has 0 heterocycles. The van der Waals surface area contributed by atoms with Crippen LogP contribution in [-0.4, -0.2) is 11.1 Å². The second-order valence-corrected chi connectivity index (χ2v) is 4.26. The van der Waals surface area contributed by atoms with Gasteiger partial charge in [0.25, 0.3) is 0 Å². The van der Waals surface area contributed by atoms with Crippen molar-refractivity contribution in [3.05, 3.63) is 59.7 Å². The molecule has 2 rings (SSSR count). The third-order valence-electron chi connectivity index (χ3n) is 2.82. The number of rotatable bonds is 4. The largest absolute Gasteiger partial charge is 0.507 e. The Kier molecular flexibility index (Phi) is 4.18. The first-order valence-electron chi connectivity index (χ1n) is 6.30. The van der Waals surface area contributed by atoms with Crippen molar-refractivity contribution in [2.24, 2.45) is 0 Å². The van der Waals surface area contributed by atoms with E-state index in [0.717, 1.165) is 18.4 Å². The van der Waals surface area contributed by atoms with Gasteiger partial charge < -0.3 is 9.84 Å². The average Bonchev–Trinajstić information content (AvgIpc) is 2.41. The number of hydrogen-bond donors (Lipinski definition) is 1. The number of carbonyl (C=O) groups excluding carboxylic acids is 1. The van der Waals surface area contributed by atoms with Crippen LogP contribution in [-0.2, 0) is 6.42 Å². The van der Waals surface area contributed by atoms with E-state index in [1.54, 1.807) is 24.3 Å². The lowest BCUT2D eigenvalue weighted by Crippen LogP contribution is -2.10. The molecule has 0 saturated heterocycles. The molecule has 98 valence electrons. The number of ether oxygens (including phenoxy) is 1. The lowest BCUT2D eigenvalue weighted by atomic mass is 10.1. The SMILES string of the molecule is CCCc1ccccc1OC(=O)c1ccccc1O.